The normalized spacial score (nSPS) is 13.7. The monoisotopic (exact) mass is 404 g/mol. The number of aromatic amines is 1. The first-order valence-electron chi connectivity index (χ1n) is 8.79. The number of rotatable bonds is 5. The number of hydrogen-bond acceptors (Lipinski definition) is 4. The van der Waals surface area contributed by atoms with Crippen molar-refractivity contribution >= 4 is 5.91 Å². The highest BCUT2D eigenvalue weighted by Gasteiger charge is 2.39. The molecule has 6 nitrogen and oxygen atoms in total. The number of aliphatic hydroxyl groups excluding tert-OH is 1. The number of aromatic nitrogens is 3. The summed E-state index contributed by atoms with van der Waals surface area (Å²) in [6, 6.07) is 10.3. The number of halogens is 3. The van der Waals surface area contributed by atoms with Crippen molar-refractivity contribution in [3.05, 3.63) is 71.3 Å². The third-order valence-corrected chi connectivity index (χ3v) is 4.42. The van der Waals surface area contributed by atoms with Crippen LogP contribution in [0, 0.1) is 6.92 Å². The molecule has 0 saturated carbocycles. The van der Waals surface area contributed by atoms with Gasteiger partial charge in [0.25, 0.3) is 5.91 Å². The molecule has 0 aliphatic heterocycles. The van der Waals surface area contributed by atoms with Crippen LogP contribution >= 0.6 is 0 Å². The third-order valence-electron chi connectivity index (χ3n) is 4.42. The van der Waals surface area contributed by atoms with Gasteiger partial charge in [0.1, 0.15) is 6.33 Å². The van der Waals surface area contributed by atoms with Crippen LogP contribution in [0.3, 0.4) is 0 Å². The van der Waals surface area contributed by atoms with E-state index in [0.717, 1.165) is 11.6 Å². The number of benzene rings is 2. The van der Waals surface area contributed by atoms with Crippen LogP contribution in [0.4, 0.5) is 13.2 Å². The molecule has 3 N–H and O–H groups in total. The Balaban J connectivity index is 1.99. The molecule has 2 atom stereocenters. The van der Waals surface area contributed by atoms with Crippen LogP contribution in [-0.4, -0.2) is 32.4 Å². The molecule has 0 spiro atoms. The number of carbonyl (C=O) groups is 1. The number of nitrogens with one attached hydrogen (secondary N) is 2. The van der Waals surface area contributed by atoms with E-state index in [9.17, 15) is 23.1 Å². The van der Waals surface area contributed by atoms with Gasteiger partial charge >= 0.3 is 6.18 Å². The summed E-state index contributed by atoms with van der Waals surface area (Å²) in [6.45, 7) is 3.55. The fourth-order valence-electron chi connectivity index (χ4n) is 2.82. The summed E-state index contributed by atoms with van der Waals surface area (Å²) < 4.78 is 39.2. The maximum Gasteiger partial charge on any atom is 0.418 e. The molecule has 0 aliphatic rings. The van der Waals surface area contributed by atoms with Gasteiger partial charge in [-0.1, -0.05) is 29.8 Å². The van der Waals surface area contributed by atoms with Crippen LogP contribution in [0.5, 0.6) is 0 Å². The lowest BCUT2D eigenvalue weighted by Gasteiger charge is -2.18. The first-order chi connectivity index (χ1) is 13.6. The lowest BCUT2D eigenvalue weighted by molar-refractivity contribution is -0.206. The Morgan fingerprint density at radius 3 is 2.41 bits per heavy atom. The minimum absolute atomic E-state index is 0.00672. The van der Waals surface area contributed by atoms with Crippen molar-refractivity contribution in [2.45, 2.75) is 32.2 Å². The lowest BCUT2D eigenvalue weighted by atomic mass is 9.96. The van der Waals surface area contributed by atoms with Crippen LogP contribution in [-0.2, 0) is 0 Å². The number of amides is 1. The van der Waals surface area contributed by atoms with Gasteiger partial charge in [-0.15, -0.1) is 10.2 Å². The molecule has 1 aromatic heterocycles. The Kier molecular flexibility index (Phi) is 5.69. The summed E-state index contributed by atoms with van der Waals surface area (Å²) >= 11 is 0. The molecular formula is C20H19F3N4O2. The summed E-state index contributed by atoms with van der Waals surface area (Å²) in [7, 11) is 0. The Labute approximate surface area is 164 Å². The van der Waals surface area contributed by atoms with Crippen molar-refractivity contribution in [2.24, 2.45) is 0 Å². The smallest absolute Gasteiger partial charge is 0.379 e. The lowest BCUT2D eigenvalue weighted by Crippen LogP contribution is -2.28. The molecular weight excluding hydrogens is 385 g/mol. The average Bonchev–Trinajstić information content (AvgIpc) is 3.22. The second-order valence-electron chi connectivity index (χ2n) is 6.72. The zero-order valence-corrected chi connectivity index (χ0v) is 15.7. The molecule has 0 bridgehead atoms. The first kappa shape index (κ1) is 20.5. The van der Waals surface area contributed by atoms with E-state index in [1.165, 1.54) is 18.5 Å². The van der Waals surface area contributed by atoms with Crippen LogP contribution in [0.15, 0.2) is 48.8 Å². The van der Waals surface area contributed by atoms with Crippen molar-refractivity contribution < 1.29 is 23.1 Å². The van der Waals surface area contributed by atoms with Crippen molar-refractivity contribution in [2.75, 3.05) is 0 Å². The summed E-state index contributed by atoms with van der Waals surface area (Å²) in [5, 5.41) is 19.8. The maximum atomic E-state index is 13.1. The second kappa shape index (κ2) is 8.04. The highest BCUT2D eigenvalue weighted by Crippen LogP contribution is 2.35. The Morgan fingerprint density at radius 2 is 1.83 bits per heavy atom. The highest BCUT2D eigenvalue weighted by atomic mass is 19.4. The summed E-state index contributed by atoms with van der Waals surface area (Å²) in [4.78, 5) is 15.4. The molecule has 152 valence electrons. The van der Waals surface area contributed by atoms with Gasteiger partial charge in [0.05, 0.1) is 6.04 Å². The number of aliphatic hydroxyl groups is 1. The van der Waals surface area contributed by atoms with Gasteiger partial charge in [-0.3, -0.25) is 4.79 Å². The minimum atomic E-state index is -4.85. The SMILES string of the molecule is Cc1ccc(-c2cc(C(=O)N[C@H](C)c3nnc[nH]3)cc(C(O)C(F)(F)F)c2)cc1. The zero-order valence-electron chi connectivity index (χ0n) is 15.7. The van der Waals surface area contributed by atoms with E-state index in [-0.39, 0.29) is 5.56 Å². The van der Waals surface area contributed by atoms with Crippen molar-refractivity contribution in [3.63, 3.8) is 0 Å². The number of alkyl halides is 3. The predicted molar refractivity (Wildman–Crippen MR) is 99.9 cm³/mol. The standard InChI is InChI=1S/C20H19F3N4O2/c1-11-3-5-13(6-4-11)14-7-15(17(28)20(21,22)23)9-16(8-14)19(29)26-12(2)18-24-10-25-27-18/h3-10,12,17,28H,1-2H3,(H,26,29)(H,24,25,27)/t12-,17?/m1/s1. The molecule has 9 heteroatoms. The molecule has 1 unspecified atom stereocenters. The van der Waals surface area contributed by atoms with E-state index in [4.69, 9.17) is 0 Å². The number of aryl methyl sites for hydroxylation is 1. The minimum Gasteiger partial charge on any atom is -0.379 e. The molecule has 0 fully saturated rings. The molecule has 2 aromatic carbocycles. The number of hydrogen-bond donors (Lipinski definition) is 3. The van der Waals surface area contributed by atoms with E-state index in [1.54, 1.807) is 19.1 Å². The number of carbonyl (C=O) groups excluding carboxylic acids is 1. The Hall–Kier alpha value is -3.20. The van der Waals surface area contributed by atoms with E-state index >= 15 is 0 Å². The summed E-state index contributed by atoms with van der Waals surface area (Å²) in [5.74, 6) is -0.193. The molecule has 1 amide bonds. The van der Waals surface area contributed by atoms with E-state index in [2.05, 4.69) is 20.5 Å². The van der Waals surface area contributed by atoms with Gasteiger partial charge in [0.15, 0.2) is 11.9 Å². The second-order valence-corrected chi connectivity index (χ2v) is 6.72. The topological polar surface area (TPSA) is 90.9 Å². The van der Waals surface area contributed by atoms with E-state index in [1.807, 2.05) is 19.1 Å². The summed E-state index contributed by atoms with van der Waals surface area (Å²) in [6.07, 6.45) is -6.20. The highest BCUT2D eigenvalue weighted by molar-refractivity contribution is 5.96. The third kappa shape index (κ3) is 4.80. The van der Waals surface area contributed by atoms with Gasteiger partial charge in [0, 0.05) is 5.56 Å². The van der Waals surface area contributed by atoms with E-state index < -0.39 is 29.8 Å². The van der Waals surface area contributed by atoms with Gasteiger partial charge in [-0.2, -0.15) is 13.2 Å². The van der Waals surface area contributed by atoms with Crippen molar-refractivity contribution in [1.29, 1.82) is 0 Å². The van der Waals surface area contributed by atoms with E-state index in [0.29, 0.717) is 17.0 Å². The van der Waals surface area contributed by atoms with Crippen LogP contribution in [0.1, 0.15) is 46.4 Å². The molecule has 3 rings (SSSR count). The predicted octanol–water partition coefficient (Wildman–Crippen LogP) is 3.87. The molecule has 0 aliphatic carbocycles. The fraction of sp³-hybridized carbons (Fsp3) is 0.250. The quantitative estimate of drug-likeness (QED) is 0.602. The fourth-order valence-corrected chi connectivity index (χ4v) is 2.82. The molecule has 3 aromatic rings. The van der Waals surface area contributed by atoms with Crippen LogP contribution < -0.4 is 5.32 Å². The Bertz CT molecular complexity index is 986. The molecule has 1 heterocycles. The van der Waals surface area contributed by atoms with Crippen molar-refractivity contribution in [3.8, 4) is 11.1 Å². The van der Waals surface area contributed by atoms with Crippen molar-refractivity contribution in [1.82, 2.24) is 20.5 Å². The Morgan fingerprint density at radius 1 is 1.14 bits per heavy atom. The largest absolute Gasteiger partial charge is 0.418 e. The maximum absolute atomic E-state index is 13.1. The molecule has 0 radical (unpaired) electrons. The van der Waals surface area contributed by atoms with Gasteiger partial charge in [0.2, 0.25) is 0 Å². The zero-order chi connectivity index (χ0) is 21.2. The average molecular weight is 404 g/mol. The summed E-state index contributed by atoms with van der Waals surface area (Å²) in [5.41, 5.74) is 1.59. The number of H-pyrrole nitrogens is 1. The number of nitrogens with zero attached hydrogens (tertiary/aromatic N) is 2. The van der Waals surface area contributed by atoms with Gasteiger partial charge in [-0.25, -0.2) is 0 Å². The molecule has 0 saturated heterocycles. The van der Waals surface area contributed by atoms with Gasteiger partial charge < -0.3 is 15.4 Å². The molecule has 29 heavy (non-hydrogen) atoms. The van der Waals surface area contributed by atoms with Crippen LogP contribution in [0.2, 0.25) is 0 Å². The van der Waals surface area contributed by atoms with Gasteiger partial charge in [-0.05, 0) is 48.7 Å². The van der Waals surface area contributed by atoms with Crippen LogP contribution in [0.25, 0.3) is 11.1 Å². The first-order valence-corrected chi connectivity index (χ1v) is 8.79.